The first kappa shape index (κ1) is 14.2. The van der Waals surface area contributed by atoms with Crippen LogP contribution in [-0.2, 0) is 0 Å². The Morgan fingerprint density at radius 2 is 1.73 bits per heavy atom. The average molecular weight is 293 g/mol. The highest BCUT2D eigenvalue weighted by Gasteiger charge is 2.09. The number of para-hydroxylation sites is 1. The fourth-order valence-corrected chi connectivity index (χ4v) is 2.41. The lowest BCUT2D eigenvalue weighted by Gasteiger charge is -2.12. The molecule has 3 aromatic rings. The molecule has 3 rings (SSSR count). The van der Waals surface area contributed by atoms with Gasteiger partial charge in [-0.05, 0) is 30.3 Å². The number of nitrogens with zero attached hydrogens (tertiary/aromatic N) is 2. The monoisotopic (exact) mass is 293 g/mol. The average Bonchev–Trinajstić information content (AvgIpc) is 3.04. The zero-order valence-corrected chi connectivity index (χ0v) is 13.0. The van der Waals surface area contributed by atoms with Crippen LogP contribution in [0, 0.1) is 0 Å². The molecule has 2 aromatic carbocycles. The molecule has 0 radical (unpaired) electrons. The van der Waals surface area contributed by atoms with Gasteiger partial charge in [-0.1, -0.05) is 24.3 Å². The maximum atomic E-state index is 5.40. The van der Waals surface area contributed by atoms with Crippen LogP contribution in [0.25, 0.3) is 22.5 Å². The molecular formula is C18H19N3O. The number of hydrogen-bond donors (Lipinski definition) is 1. The van der Waals surface area contributed by atoms with Gasteiger partial charge in [-0.25, -0.2) is 0 Å². The van der Waals surface area contributed by atoms with Gasteiger partial charge in [-0.3, -0.25) is 5.10 Å². The van der Waals surface area contributed by atoms with Crippen molar-refractivity contribution in [2.24, 2.45) is 0 Å². The Kier molecular flexibility index (Phi) is 3.83. The molecule has 0 saturated carbocycles. The first-order valence-corrected chi connectivity index (χ1v) is 7.15. The van der Waals surface area contributed by atoms with Crippen molar-refractivity contribution in [1.29, 1.82) is 0 Å². The van der Waals surface area contributed by atoms with Crippen LogP contribution in [0.5, 0.6) is 5.75 Å². The molecule has 0 saturated heterocycles. The summed E-state index contributed by atoms with van der Waals surface area (Å²) in [5, 5.41) is 7.51. The van der Waals surface area contributed by atoms with Crippen LogP contribution >= 0.6 is 0 Å². The van der Waals surface area contributed by atoms with E-state index >= 15 is 0 Å². The van der Waals surface area contributed by atoms with Crippen molar-refractivity contribution < 1.29 is 4.74 Å². The number of nitrogens with one attached hydrogen (secondary N) is 1. The minimum atomic E-state index is 0.834. The molecule has 0 aliphatic carbocycles. The highest BCUT2D eigenvalue weighted by atomic mass is 16.5. The number of aromatic nitrogens is 2. The lowest BCUT2D eigenvalue weighted by atomic mass is 10.1. The van der Waals surface area contributed by atoms with Gasteiger partial charge in [-0.15, -0.1) is 0 Å². The number of aromatic amines is 1. The molecule has 0 aliphatic rings. The molecule has 1 heterocycles. The van der Waals surface area contributed by atoms with Crippen molar-refractivity contribution in [3.63, 3.8) is 0 Å². The summed E-state index contributed by atoms with van der Waals surface area (Å²) in [6, 6.07) is 18.3. The van der Waals surface area contributed by atoms with E-state index in [4.69, 9.17) is 4.74 Å². The van der Waals surface area contributed by atoms with Crippen LogP contribution in [0.15, 0.2) is 54.6 Å². The van der Waals surface area contributed by atoms with Crippen molar-refractivity contribution in [3.8, 4) is 28.3 Å². The van der Waals surface area contributed by atoms with Crippen LogP contribution in [0.2, 0.25) is 0 Å². The highest BCUT2D eigenvalue weighted by Crippen LogP contribution is 2.30. The zero-order chi connectivity index (χ0) is 15.5. The summed E-state index contributed by atoms with van der Waals surface area (Å²) >= 11 is 0. The molecule has 0 fully saturated rings. The van der Waals surface area contributed by atoms with E-state index in [0.717, 1.165) is 28.3 Å². The maximum absolute atomic E-state index is 5.40. The Bertz CT molecular complexity index is 760. The summed E-state index contributed by atoms with van der Waals surface area (Å²) in [6.45, 7) is 0. The number of H-pyrrole nitrogens is 1. The maximum Gasteiger partial charge on any atom is 0.128 e. The van der Waals surface area contributed by atoms with E-state index in [2.05, 4.69) is 39.4 Å². The summed E-state index contributed by atoms with van der Waals surface area (Å²) in [4.78, 5) is 2.08. The molecule has 4 heteroatoms. The van der Waals surface area contributed by atoms with E-state index < -0.39 is 0 Å². The highest BCUT2D eigenvalue weighted by molar-refractivity contribution is 5.72. The Hall–Kier alpha value is -2.75. The van der Waals surface area contributed by atoms with E-state index in [0.29, 0.717) is 0 Å². The lowest BCUT2D eigenvalue weighted by molar-refractivity contribution is 0.416. The van der Waals surface area contributed by atoms with Gasteiger partial charge in [0.2, 0.25) is 0 Å². The second-order valence-electron chi connectivity index (χ2n) is 5.31. The molecule has 0 bridgehead atoms. The summed E-state index contributed by atoms with van der Waals surface area (Å²) in [7, 11) is 5.74. The normalized spacial score (nSPS) is 10.5. The van der Waals surface area contributed by atoms with Crippen LogP contribution in [0.4, 0.5) is 5.69 Å². The molecule has 1 N–H and O–H groups in total. The smallest absolute Gasteiger partial charge is 0.128 e. The third-order valence-electron chi connectivity index (χ3n) is 3.65. The van der Waals surface area contributed by atoms with Crippen LogP contribution in [0.3, 0.4) is 0 Å². The standard InChI is InChI=1S/C18H19N3O/c1-21(2)14-10-8-13(9-11-14)16-12-17(20-19-16)15-6-4-5-7-18(15)22-3/h4-12H,1-3H3,(H,19,20). The Balaban J connectivity index is 1.93. The van der Waals surface area contributed by atoms with E-state index in [9.17, 15) is 0 Å². The Morgan fingerprint density at radius 1 is 1.00 bits per heavy atom. The Morgan fingerprint density at radius 3 is 2.41 bits per heavy atom. The van der Waals surface area contributed by atoms with Crippen molar-refractivity contribution >= 4 is 5.69 Å². The number of rotatable bonds is 4. The zero-order valence-electron chi connectivity index (χ0n) is 13.0. The molecule has 0 aliphatic heterocycles. The van der Waals surface area contributed by atoms with Gasteiger partial charge in [0.25, 0.3) is 0 Å². The van der Waals surface area contributed by atoms with Crippen LogP contribution in [0.1, 0.15) is 0 Å². The molecule has 0 spiro atoms. The molecule has 22 heavy (non-hydrogen) atoms. The predicted molar refractivity (Wildman–Crippen MR) is 90.3 cm³/mol. The first-order chi connectivity index (χ1) is 10.7. The van der Waals surface area contributed by atoms with Gasteiger partial charge < -0.3 is 9.64 Å². The second kappa shape index (κ2) is 5.93. The number of anilines is 1. The summed E-state index contributed by atoms with van der Waals surface area (Å²) in [5.41, 5.74) is 5.14. The SMILES string of the molecule is COc1ccccc1-c1cc(-c2ccc(N(C)C)cc2)n[nH]1. The lowest BCUT2D eigenvalue weighted by Crippen LogP contribution is -2.07. The van der Waals surface area contributed by atoms with Crippen LogP contribution < -0.4 is 9.64 Å². The number of methoxy groups -OCH3 is 1. The number of hydrogen-bond acceptors (Lipinski definition) is 3. The van der Waals surface area contributed by atoms with Crippen LogP contribution in [-0.4, -0.2) is 31.4 Å². The molecule has 4 nitrogen and oxygen atoms in total. The summed E-state index contributed by atoms with van der Waals surface area (Å²) < 4.78 is 5.40. The predicted octanol–water partition coefficient (Wildman–Crippen LogP) is 3.82. The van der Waals surface area contributed by atoms with Crippen molar-refractivity contribution in [3.05, 3.63) is 54.6 Å². The minimum Gasteiger partial charge on any atom is -0.496 e. The molecule has 0 unspecified atom stereocenters. The topological polar surface area (TPSA) is 41.1 Å². The number of benzene rings is 2. The van der Waals surface area contributed by atoms with Crippen molar-refractivity contribution in [2.75, 3.05) is 26.1 Å². The van der Waals surface area contributed by atoms with Gasteiger partial charge in [0.1, 0.15) is 5.75 Å². The van der Waals surface area contributed by atoms with Gasteiger partial charge in [0, 0.05) is 30.9 Å². The molecular weight excluding hydrogens is 274 g/mol. The van der Waals surface area contributed by atoms with Crippen molar-refractivity contribution in [1.82, 2.24) is 10.2 Å². The second-order valence-corrected chi connectivity index (χ2v) is 5.31. The molecule has 0 amide bonds. The Labute approximate surface area is 130 Å². The van der Waals surface area contributed by atoms with Gasteiger partial charge in [0.15, 0.2) is 0 Å². The third-order valence-corrected chi connectivity index (χ3v) is 3.65. The first-order valence-electron chi connectivity index (χ1n) is 7.15. The number of ether oxygens (including phenoxy) is 1. The van der Waals surface area contributed by atoms with Crippen molar-refractivity contribution in [2.45, 2.75) is 0 Å². The summed E-state index contributed by atoms with van der Waals surface area (Å²) in [5.74, 6) is 0.834. The quantitative estimate of drug-likeness (QED) is 0.795. The fourth-order valence-electron chi connectivity index (χ4n) is 2.41. The largest absolute Gasteiger partial charge is 0.496 e. The molecule has 0 atom stereocenters. The molecule has 1 aromatic heterocycles. The van der Waals surface area contributed by atoms with E-state index in [1.165, 1.54) is 5.69 Å². The molecule has 112 valence electrons. The third kappa shape index (κ3) is 2.68. The van der Waals surface area contributed by atoms with Gasteiger partial charge in [0.05, 0.1) is 18.5 Å². The summed E-state index contributed by atoms with van der Waals surface area (Å²) in [6.07, 6.45) is 0. The van der Waals surface area contributed by atoms with E-state index in [1.54, 1.807) is 7.11 Å². The van der Waals surface area contributed by atoms with E-state index in [1.807, 2.05) is 44.4 Å². The van der Waals surface area contributed by atoms with Gasteiger partial charge >= 0.3 is 0 Å². The van der Waals surface area contributed by atoms with E-state index in [-0.39, 0.29) is 0 Å². The van der Waals surface area contributed by atoms with Gasteiger partial charge in [-0.2, -0.15) is 5.10 Å². The fraction of sp³-hybridized carbons (Fsp3) is 0.167. The minimum absolute atomic E-state index is 0.834.